The number of aromatic nitrogens is 4. The van der Waals surface area contributed by atoms with E-state index in [0.717, 1.165) is 11.7 Å². The second-order valence-electron chi connectivity index (χ2n) is 8.70. The van der Waals surface area contributed by atoms with Crippen LogP contribution in [0, 0.1) is 5.82 Å². The van der Waals surface area contributed by atoms with Crippen LogP contribution in [0.1, 0.15) is 11.3 Å². The van der Waals surface area contributed by atoms with Crippen molar-refractivity contribution in [2.45, 2.75) is 38.8 Å². The van der Waals surface area contributed by atoms with Crippen LogP contribution in [0.5, 0.6) is 0 Å². The standard InChI is InChI=1S/C22H25FN4O3Si/c1-31(2,3)12-11-29-15-26-21-19(30-22(26)28)10-9-16(20(21)23)13-17-14-27(25-24-17)18-7-5-4-6-8-18/h4-10,14H,11-13,15H2,1-3H3. The summed E-state index contributed by atoms with van der Waals surface area (Å²) >= 11 is 0. The minimum Gasteiger partial charge on any atom is -0.408 e. The van der Waals surface area contributed by atoms with E-state index in [0.29, 0.717) is 17.9 Å². The number of oxazole rings is 1. The molecule has 0 atom stereocenters. The van der Waals surface area contributed by atoms with Gasteiger partial charge in [0.05, 0.1) is 17.6 Å². The van der Waals surface area contributed by atoms with E-state index in [4.69, 9.17) is 9.15 Å². The summed E-state index contributed by atoms with van der Waals surface area (Å²) in [6.45, 7) is 7.22. The van der Waals surface area contributed by atoms with Crippen LogP contribution < -0.4 is 5.76 Å². The van der Waals surface area contributed by atoms with Crippen LogP contribution in [0.4, 0.5) is 4.39 Å². The number of para-hydroxylation sites is 1. The van der Waals surface area contributed by atoms with Crippen molar-refractivity contribution in [3.63, 3.8) is 0 Å². The van der Waals surface area contributed by atoms with E-state index < -0.39 is 19.6 Å². The lowest BCUT2D eigenvalue weighted by molar-refractivity contribution is 0.0847. The maximum Gasteiger partial charge on any atom is 0.421 e. The average molecular weight is 441 g/mol. The SMILES string of the molecule is C[Si](C)(C)CCOCn1c(=O)oc2ccc(Cc3cn(-c4ccccc4)nn3)c(F)c21. The smallest absolute Gasteiger partial charge is 0.408 e. The highest BCUT2D eigenvalue weighted by atomic mass is 28.3. The van der Waals surface area contributed by atoms with Gasteiger partial charge < -0.3 is 9.15 Å². The summed E-state index contributed by atoms with van der Waals surface area (Å²) in [7, 11) is -1.26. The molecule has 0 amide bonds. The van der Waals surface area contributed by atoms with Crippen molar-refractivity contribution in [1.82, 2.24) is 19.6 Å². The van der Waals surface area contributed by atoms with Crippen LogP contribution in [0.25, 0.3) is 16.8 Å². The molecule has 0 radical (unpaired) electrons. The van der Waals surface area contributed by atoms with E-state index >= 15 is 4.39 Å². The summed E-state index contributed by atoms with van der Waals surface area (Å²) in [5, 5.41) is 8.27. The summed E-state index contributed by atoms with van der Waals surface area (Å²) in [6, 6.07) is 13.7. The van der Waals surface area contributed by atoms with Gasteiger partial charge >= 0.3 is 5.76 Å². The molecule has 0 spiro atoms. The van der Waals surface area contributed by atoms with Crippen molar-refractivity contribution < 1.29 is 13.5 Å². The van der Waals surface area contributed by atoms with Gasteiger partial charge in [0.25, 0.3) is 0 Å². The molecule has 162 valence electrons. The molecule has 7 nitrogen and oxygen atoms in total. The number of fused-ring (bicyclic) bond motifs is 1. The molecule has 4 rings (SSSR count). The third-order valence-corrected chi connectivity index (χ3v) is 6.70. The topological polar surface area (TPSA) is 75.1 Å². The molecule has 9 heteroatoms. The lowest BCUT2D eigenvalue weighted by Crippen LogP contribution is -2.23. The van der Waals surface area contributed by atoms with Crippen molar-refractivity contribution in [3.05, 3.63) is 76.3 Å². The third kappa shape index (κ3) is 4.83. The Balaban J connectivity index is 1.56. The lowest BCUT2D eigenvalue weighted by atomic mass is 10.1. The Kier molecular flexibility index (Phi) is 5.88. The highest BCUT2D eigenvalue weighted by Gasteiger charge is 2.19. The summed E-state index contributed by atoms with van der Waals surface area (Å²) < 4.78 is 29.0. The van der Waals surface area contributed by atoms with Gasteiger partial charge in [-0.25, -0.2) is 18.4 Å². The maximum absolute atomic E-state index is 15.3. The molecule has 0 aliphatic heterocycles. The molecule has 0 saturated heterocycles. The third-order valence-electron chi connectivity index (χ3n) is 5.00. The second-order valence-corrected chi connectivity index (χ2v) is 14.3. The molecule has 0 N–H and O–H groups in total. The second kappa shape index (κ2) is 8.60. The molecule has 0 fully saturated rings. The first-order chi connectivity index (χ1) is 14.8. The van der Waals surface area contributed by atoms with E-state index in [1.807, 2.05) is 30.3 Å². The zero-order valence-electron chi connectivity index (χ0n) is 17.8. The van der Waals surface area contributed by atoms with E-state index in [1.54, 1.807) is 23.0 Å². The molecule has 2 aromatic heterocycles. The van der Waals surface area contributed by atoms with Crippen molar-refractivity contribution >= 4 is 19.2 Å². The number of halogens is 1. The van der Waals surface area contributed by atoms with Crippen LogP contribution in [0.15, 0.2) is 57.9 Å². The van der Waals surface area contributed by atoms with Crippen LogP contribution in [-0.2, 0) is 17.9 Å². The Morgan fingerprint density at radius 1 is 1.13 bits per heavy atom. The molecule has 2 heterocycles. The summed E-state index contributed by atoms with van der Waals surface area (Å²) in [5.41, 5.74) is 2.21. The monoisotopic (exact) mass is 440 g/mol. The van der Waals surface area contributed by atoms with Crippen LogP contribution in [0.2, 0.25) is 25.7 Å². The highest BCUT2D eigenvalue weighted by molar-refractivity contribution is 6.76. The Morgan fingerprint density at radius 3 is 2.65 bits per heavy atom. The van der Waals surface area contributed by atoms with Gasteiger partial charge in [-0.05, 0) is 29.8 Å². The van der Waals surface area contributed by atoms with Crippen molar-refractivity contribution in [3.8, 4) is 5.69 Å². The summed E-state index contributed by atoms with van der Waals surface area (Å²) in [5.74, 6) is -1.14. The zero-order valence-corrected chi connectivity index (χ0v) is 18.8. The van der Waals surface area contributed by atoms with E-state index in [9.17, 15) is 4.79 Å². The predicted octanol–water partition coefficient (Wildman–Crippen LogP) is 4.22. The Hall–Kier alpha value is -3.04. The Bertz CT molecular complexity index is 1240. The number of rotatable bonds is 8. The molecule has 0 aliphatic rings. The predicted molar refractivity (Wildman–Crippen MR) is 119 cm³/mol. The molecule has 0 bridgehead atoms. The van der Waals surface area contributed by atoms with Crippen molar-refractivity contribution in [1.29, 1.82) is 0 Å². The fourth-order valence-electron chi connectivity index (χ4n) is 3.23. The molecule has 31 heavy (non-hydrogen) atoms. The van der Waals surface area contributed by atoms with Gasteiger partial charge in [-0.3, -0.25) is 0 Å². The molecular weight excluding hydrogens is 415 g/mol. The first-order valence-corrected chi connectivity index (χ1v) is 13.9. The molecule has 0 aliphatic carbocycles. The van der Waals surface area contributed by atoms with Crippen molar-refractivity contribution in [2.24, 2.45) is 0 Å². The normalized spacial score (nSPS) is 12.0. The van der Waals surface area contributed by atoms with Gasteiger partial charge in [0, 0.05) is 21.1 Å². The minimum atomic E-state index is -1.26. The quantitative estimate of drug-likeness (QED) is 0.303. The molecule has 0 unspecified atom stereocenters. The fourth-order valence-corrected chi connectivity index (χ4v) is 3.99. The van der Waals surface area contributed by atoms with Gasteiger partial charge in [0.15, 0.2) is 11.4 Å². The van der Waals surface area contributed by atoms with Gasteiger partial charge in [-0.2, -0.15) is 0 Å². The number of nitrogens with zero attached hydrogens (tertiary/aromatic N) is 4. The minimum absolute atomic E-state index is 0.0408. The number of hydrogen-bond donors (Lipinski definition) is 0. The Labute approximate surface area is 180 Å². The van der Waals surface area contributed by atoms with E-state index in [2.05, 4.69) is 30.0 Å². The number of benzene rings is 2. The van der Waals surface area contributed by atoms with E-state index in [-0.39, 0.29) is 24.3 Å². The zero-order chi connectivity index (χ0) is 22.0. The molecule has 4 aromatic rings. The van der Waals surface area contributed by atoms with Gasteiger partial charge in [0.1, 0.15) is 12.2 Å². The van der Waals surface area contributed by atoms with Gasteiger partial charge in [0.2, 0.25) is 0 Å². The summed E-state index contributed by atoms with van der Waals surface area (Å²) in [4.78, 5) is 12.2. The van der Waals surface area contributed by atoms with Gasteiger partial charge in [-0.15, -0.1) is 5.10 Å². The van der Waals surface area contributed by atoms with E-state index in [1.165, 1.54) is 4.57 Å². The van der Waals surface area contributed by atoms with Gasteiger partial charge in [-0.1, -0.05) is 49.1 Å². The number of ether oxygens (including phenoxy) is 1. The van der Waals surface area contributed by atoms with Crippen molar-refractivity contribution in [2.75, 3.05) is 6.61 Å². The molecular formula is C22H25FN4O3Si. The molecule has 0 saturated carbocycles. The first kappa shape index (κ1) is 21.2. The fraction of sp³-hybridized carbons (Fsp3) is 0.318. The number of hydrogen-bond acceptors (Lipinski definition) is 5. The largest absolute Gasteiger partial charge is 0.421 e. The summed E-state index contributed by atoms with van der Waals surface area (Å²) in [6.07, 6.45) is 2.01. The maximum atomic E-state index is 15.3. The average Bonchev–Trinajstić information content (AvgIpc) is 3.32. The first-order valence-electron chi connectivity index (χ1n) is 10.2. The lowest BCUT2D eigenvalue weighted by Gasteiger charge is -2.15. The van der Waals surface area contributed by atoms with Crippen LogP contribution >= 0.6 is 0 Å². The highest BCUT2D eigenvalue weighted by Crippen LogP contribution is 2.23. The van der Waals surface area contributed by atoms with Crippen LogP contribution in [0.3, 0.4) is 0 Å². The molecule has 2 aromatic carbocycles. The Morgan fingerprint density at radius 2 is 1.90 bits per heavy atom. The van der Waals surface area contributed by atoms with Crippen LogP contribution in [-0.4, -0.2) is 34.2 Å².